The van der Waals surface area contributed by atoms with Crippen LogP contribution in [0.15, 0.2) is 71.0 Å². The molecule has 0 fully saturated rings. The van der Waals surface area contributed by atoms with Gasteiger partial charge in [0.25, 0.3) is 0 Å². The normalized spacial score (nSPS) is 11.4. The van der Waals surface area contributed by atoms with Crippen LogP contribution in [-0.2, 0) is 9.84 Å². The molecule has 0 saturated heterocycles. The summed E-state index contributed by atoms with van der Waals surface area (Å²) in [6.45, 7) is 0. The number of nitrogens with zero attached hydrogens (tertiary/aromatic N) is 3. The van der Waals surface area contributed by atoms with Crippen LogP contribution in [0, 0.1) is 0 Å². The van der Waals surface area contributed by atoms with Gasteiger partial charge in [-0.15, -0.1) is 10.2 Å². The molecule has 1 heterocycles. The molecule has 0 aliphatic rings. The van der Waals surface area contributed by atoms with Crippen LogP contribution < -0.4 is 4.74 Å². The molecule has 3 aromatic rings. The summed E-state index contributed by atoms with van der Waals surface area (Å²) in [4.78, 5) is 0.363. The van der Waals surface area contributed by atoms with Crippen molar-refractivity contribution in [1.29, 1.82) is 0 Å². The second-order valence-corrected chi connectivity index (χ2v) is 8.66. The van der Waals surface area contributed by atoms with E-state index in [0.29, 0.717) is 22.2 Å². The number of aromatic nitrogens is 3. The number of benzene rings is 2. The number of hydrogen-bond donors (Lipinski definition) is 0. The molecule has 2 aromatic carbocycles. The smallest absolute Gasteiger partial charge is 0.195 e. The summed E-state index contributed by atoms with van der Waals surface area (Å²) in [6, 6.07) is 16.1. The molecule has 0 spiro atoms. The number of para-hydroxylation sites is 2. The Balaban J connectivity index is 1.63. The number of hydrogen-bond acceptors (Lipinski definition) is 6. The van der Waals surface area contributed by atoms with Crippen LogP contribution in [-0.4, -0.2) is 41.8 Å². The lowest BCUT2D eigenvalue weighted by atomic mass is 10.3. The summed E-state index contributed by atoms with van der Waals surface area (Å²) in [5.41, 5.74) is 0.847. The Hall–Kier alpha value is -2.32. The van der Waals surface area contributed by atoms with Crippen molar-refractivity contribution in [2.75, 3.05) is 18.6 Å². The van der Waals surface area contributed by atoms with Gasteiger partial charge in [0.15, 0.2) is 15.0 Å². The molecule has 0 N–H and O–H groups in total. The lowest BCUT2D eigenvalue weighted by molar-refractivity contribution is 0.412. The van der Waals surface area contributed by atoms with Gasteiger partial charge in [-0.3, -0.25) is 4.57 Å². The van der Waals surface area contributed by atoms with E-state index in [4.69, 9.17) is 4.74 Å². The maximum Gasteiger partial charge on any atom is 0.195 e. The minimum atomic E-state index is -3.25. The van der Waals surface area contributed by atoms with Gasteiger partial charge >= 0.3 is 0 Å². The van der Waals surface area contributed by atoms with Crippen LogP contribution in [0.3, 0.4) is 0 Å². The van der Waals surface area contributed by atoms with Gasteiger partial charge in [0, 0.05) is 5.75 Å². The van der Waals surface area contributed by atoms with Gasteiger partial charge in [-0.25, -0.2) is 8.42 Å². The molecule has 0 unspecified atom stereocenters. The molecule has 0 radical (unpaired) electrons. The van der Waals surface area contributed by atoms with Crippen molar-refractivity contribution in [3.63, 3.8) is 0 Å². The third-order valence-corrected chi connectivity index (χ3v) is 6.60. The van der Waals surface area contributed by atoms with Crippen LogP contribution in [0.1, 0.15) is 6.42 Å². The molecule has 0 atom stereocenters. The number of methoxy groups -OCH3 is 1. The Morgan fingerprint density at radius 1 is 1.08 bits per heavy atom. The Morgan fingerprint density at radius 2 is 1.81 bits per heavy atom. The third kappa shape index (κ3) is 4.25. The topological polar surface area (TPSA) is 74.1 Å². The first-order valence-electron chi connectivity index (χ1n) is 8.06. The van der Waals surface area contributed by atoms with E-state index in [0.717, 1.165) is 11.4 Å². The van der Waals surface area contributed by atoms with Crippen molar-refractivity contribution >= 4 is 21.6 Å². The van der Waals surface area contributed by atoms with Gasteiger partial charge in [0.2, 0.25) is 0 Å². The molecule has 3 rings (SSSR count). The van der Waals surface area contributed by atoms with Crippen molar-refractivity contribution < 1.29 is 13.2 Å². The van der Waals surface area contributed by atoms with Crippen molar-refractivity contribution in [1.82, 2.24) is 14.8 Å². The largest absolute Gasteiger partial charge is 0.495 e. The fourth-order valence-corrected chi connectivity index (χ4v) is 4.85. The maximum atomic E-state index is 12.3. The van der Waals surface area contributed by atoms with E-state index >= 15 is 0 Å². The Bertz CT molecular complexity index is 957. The number of thioether (sulfide) groups is 1. The summed E-state index contributed by atoms with van der Waals surface area (Å²) in [7, 11) is -1.63. The molecule has 6 nitrogen and oxygen atoms in total. The van der Waals surface area contributed by atoms with E-state index in [1.165, 1.54) is 11.8 Å². The van der Waals surface area contributed by atoms with Crippen molar-refractivity contribution in [3.8, 4) is 11.4 Å². The standard InChI is InChI=1S/C18H19N3O3S2/c1-24-17-11-6-5-10-16(17)21-14-19-20-18(21)25-12-7-13-26(22,23)15-8-3-2-4-9-15/h2-6,8-11,14H,7,12-13H2,1H3. The van der Waals surface area contributed by atoms with E-state index in [1.54, 1.807) is 43.8 Å². The van der Waals surface area contributed by atoms with Gasteiger partial charge in [0.05, 0.1) is 23.4 Å². The van der Waals surface area contributed by atoms with Crippen LogP contribution in [0.5, 0.6) is 5.75 Å². The highest BCUT2D eigenvalue weighted by Gasteiger charge is 2.15. The average molecular weight is 390 g/mol. The SMILES string of the molecule is COc1ccccc1-n1cnnc1SCCCS(=O)(=O)c1ccccc1. The molecule has 0 aliphatic carbocycles. The number of sulfone groups is 1. The quantitative estimate of drug-likeness (QED) is 0.435. The van der Waals surface area contributed by atoms with Crippen molar-refractivity contribution in [2.45, 2.75) is 16.5 Å². The van der Waals surface area contributed by atoms with Crippen LogP contribution in [0.4, 0.5) is 0 Å². The maximum absolute atomic E-state index is 12.3. The van der Waals surface area contributed by atoms with Crippen molar-refractivity contribution in [3.05, 3.63) is 60.9 Å². The highest BCUT2D eigenvalue weighted by atomic mass is 32.2. The van der Waals surface area contributed by atoms with Crippen LogP contribution in [0.25, 0.3) is 5.69 Å². The van der Waals surface area contributed by atoms with E-state index < -0.39 is 9.84 Å². The molecule has 0 amide bonds. The fourth-order valence-electron chi connectivity index (χ4n) is 2.47. The predicted molar refractivity (Wildman–Crippen MR) is 102 cm³/mol. The van der Waals surface area contributed by atoms with Gasteiger partial charge in [-0.05, 0) is 30.7 Å². The highest BCUT2D eigenvalue weighted by molar-refractivity contribution is 7.99. The second kappa shape index (κ2) is 8.37. The first kappa shape index (κ1) is 18.5. The molecular weight excluding hydrogens is 370 g/mol. The summed E-state index contributed by atoms with van der Waals surface area (Å²) in [6.07, 6.45) is 2.15. The molecule has 1 aromatic heterocycles. The zero-order valence-electron chi connectivity index (χ0n) is 14.3. The first-order chi connectivity index (χ1) is 12.6. The van der Waals surface area contributed by atoms with Crippen LogP contribution in [0.2, 0.25) is 0 Å². The molecule has 0 saturated carbocycles. The zero-order valence-corrected chi connectivity index (χ0v) is 15.9. The summed E-state index contributed by atoms with van der Waals surface area (Å²) in [5.74, 6) is 1.45. The van der Waals surface area contributed by atoms with Crippen molar-refractivity contribution in [2.24, 2.45) is 0 Å². The Labute approximate surface area is 157 Å². The second-order valence-electron chi connectivity index (χ2n) is 5.49. The number of rotatable bonds is 8. The minimum absolute atomic E-state index is 0.104. The Morgan fingerprint density at radius 3 is 2.58 bits per heavy atom. The zero-order chi connectivity index (χ0) is 18.4. The summed E-state index contributed by atoms with van der Waals surface area (Å²) < 4.78 is 31.8. The fraction of sp³-hybridized carbons (Fsp3) is 0.222. The molecular formula is C18H19N3O3S2. The number of ether oxygens (including phenoxy) is 1. The lowest BCUT2D eigenvalue weighted by Crippen LogP contribution is -2.07. The van der Waals surface area contributed by atoms with Gasteiger partial charge in [-0.1, -0.05) is 42.1 Å². The van der Waals surface area contributed by atoms with Gasteiger partial charge in [-0.2, -0.15) is 0 Å². The van der Waals surface area contributed by atoms with E-state index in [9.17, 15) is 8.42 Å². The van der Waals surface area contributed by atoms with Crippen LogP contribution >= 0.6 is 11.8 Å². The van der Waals surface area contributed by atoms with E-state index in [2.05, 4.69) is 10.2 Å². The molecule has 0 bridgehead atoms. The third-order valence-electron chi connectivity index (χ3n) is 3.75. The van der Waals surface area contributed by atoms with Gasteiger partial charge < -0.3 is 4.74 Å². The molecule has 26 heavy (non-hydrogen) atoms. The predicted octanol–water partition coefficient (Wildman–Crippen LogP) is 3.23. The molecule has 0 aliphatic heterocycles. The minimum Gasteiger partial charge on any atom is -0.495 e. The van der Waals surface area contributed by atoms with Gasteiger partial charge in [0.1, 0.15) is 12.1 Å². The molecule has 8 heteroatoms. The monoisotopic (exact) mass is 389 g/mol. The first-order valence-corrected chi connectivity index (χ1v) is 10.7. The summed E-state index contributed by atoms with van der Waals surface area (Å²) in [5, 5.41) is 8.80. The molecule has 136 valence electrons. The van der Waals surface area contributed by atoms with E-state index in [1.807, 2.05) is 28.8 Å². The Kier molecular flexibility index (Phi) is 5.95. The van der Waals surface area contributed by atoms with E-state index in [-0.39, 0.29) is 5.75 Å². The lowest BCUT2D eigenvalue weighted by Gasteiger charge is -2.10. The summed E-state index contributed by atoms with van der Waals surface area (Å²) >= 11 is 1.47. The highest BCUT2D eigenvalue weighted by Crippen LogP contribution is 2.27. The average Bonchev–Trinajstić information content (AvgIpc) is 3.14.